The first-order chi connectivity index (χ1) is 9.40. The largest absolute Gasteiger partial charge is 0.366 e. The number of hydrogen-bond acceptors (Lipinski definition) is 3. The molecule has 112 valence electrons. The van der Waals surface area contributed by atoms with Gasteiger partial charge in [0.2, 0.25) is 0 Å². The summed E-state index contributed by atoms with van der Waals surface area (Å²) in [4.78, 5) is 7.09. The number of nitrogens with zero attached hydrogens (tertiary/aromatic N) is 2. The van der Waals surface area contributed by atoms with Crippen molar-refractivity contribution in [3.63, 3.8) is 0 Å². The molecule has 0 aliphatic carbocycles. The maximum atomic E-state index is 4.50. The smallest absolute Gasteiger partial charge is 0.0562 e. The van der Waals surface area contributed by atoms with Gasteiger partial charge < -0.3 is 10.2 Å². The maximum Gasteiger partial charge on any atom is 0.0562 e. The molecule has 1 aromatic heterocycles. The fourth-order valence-electron chi connectivity index (χ4n) is 3.02. The molecule has 0 radical (unpaired) electrons. The van der Waals surface area contributed by atoms with Gasteiger partial charge in [0.1, 0.15) is 0 Å². The Bertz CT molecular complexity index is 436. The molecule has 3 nitrogen and oxygen atoms in total. The van der Waals surface area contributed by atoms with E-state index in [2.05, 4.69) is 62.0 Å². The summed E-state index contributed by atoms with van der Waals surface area (Å²) in [5.41, 5.74) is 2.60. The van der Waals surface area contributed by atoms with E-state index < -0.39 is 0 Å². The van der Waals surface area contributed by atoms with Crippen molar-refractivity contribution < 1.29 is 0 Å². The molecular weight excluding hydrogens is 246 g/mol. The molecule has 0 spiro atoms. The summed E-state index contributed by atoms with van der Waals surface area (Å²) in [5.74, 6) is 0. The highest BCUT2D eigenvalue weighted by molar-refractivity contribution is 5.49. The van der Waals surface area contributed by atoms with Crippen molar-refractivity contribution in [2.24, 2.45) is 0 Å². The van der Waals surface area contributed by atoms with Crippen LogP contribution in [0.2, 0.25) is 0 Å². The molecule has 2 atom stereocenters. The van der Waals surface area contributed by atoms with E-state index in [1.54, 1.807) is 0 Å². The van der Waals surface area contributed by atoms with Gasteiger partial charge in [-0.3, -0.25) is 4.98 Å². The molecule has 1 N–H and O–H groups in total. The Balaban J connectivity index is 2.13. The Kier molecular flexibility index (Phi) is 4.69. The zero-order valence-corrected chi connectivity index (χ0v) is 13.6. The van der Waals surface area contributed by atoms with Crippen molar-refractivity contribution in [2.45, 2.75) is 78.0 Å². The molecule has 20 heavy (non-hydrogen) atoms. The Hall–Kier alpha value is -1.09. The Labute approximate surface area is 123 Å². The van der Waals surface area contributed by atoms with E-state index in [1.165, 1.54) is 24.9 Å². The summed E-state index contributed by atoms with van der Waals surface area (Å²) in [6.07, 6.45) is 5.79. The molecule has 1 saturated heterocycles. The number of hydrogen-bond donors (Lipinski definition) is 1. The quantitative estimate of drug-likeness (QED) is 0.907. The Morgan fingerprint density at radius 1 is 1.35 bits per heavy atom. The second-order valence-corrected chi connectivity index (χ2v) is 7.00. The number of anilines is 1. The summed E-state index contributed by atoms with van der Waals surface area (Å²) in [7, 11) is 0. The average molecular weight is 275 g/mol. The van der Waals surface area contributed by atoms with Crippen molar-refractivity contribution in [3.8, 4) is 0 Å². The molecule has 3 heteroatoms. The van der Waals surface area contributed by atoms with Gasteiger partial charge in [-0.15, -0.1) is 0 Å². The van der Waals surface area contributed by atoms with E-state index in [9.17, 15) is 0 Å². The van der Waals surface area contributed by atoms with Gasteiger partial charge in [-0.1, -0.05) is 6.92 Å². The van der Waals surface area contributed by atoms with Gasteiger partial charge in [-0.25, -0.2) is 0 Å². The van der Waals surface area contributed by atoms with Gasteiger partial charge in [0.05, 0.1) is 5.69 Å². The van der Waals surface area contributed by atoms with E-state index in [4.69, 9.17) is 0 Å². The van der Waals surface area contributed by atoms with Crippen LogP contribution in [0, 0.1) is 0 Å². The van der Waals surface area contributed by atoms with E-state index in [0.29, 0.717) is 12.1 Å². The van der Waals surface area contributed by atoms with E-state index >= 15 is 0 Å². The van der Waals surface area contributed by atoms with Crippen LogP contribution in [-0.4, -0.2) is 22.6 Å². The summed E-state index contributed by atoms with van der Waals surface area (Å²) in [6, 6.07) is 5.75. The Morgan fingerprint density at radius 2 is 2.10 bits per heavy atom. The second kappa shape index (κ2) is 6.13. The lowest BCUT2D eigenvalue weighted by Crippen LogP contribution is -2.36. The molecule has 1 aliphatic rings. The van der Waals surface area contributed by atoms with Crippen LogP contribution in [0.5, 0.6) is 0 Å². The summed E-state index contributed by atoms with van der Waals surface area (Å²) >= 11 is 0. The fraction of sp³-hybridized carbons (Fsp3) is 0.706. The molecule has 1 aliphatic heterocycles. The maximum absolute atomic E-state index is 4.50. The van der Waals surface area contributed by atoms with Crippen LogP contribution in [0.25, 0.3) is 0 Å². The minimum Gasteiger partial charge on any atom is -0.366 e. The SMILES string of the molecule is CCC1CCC(C)N1c1ccnc(CNC(C)(C)C)c1. The van der Waals surface area contributed by atoms with Crippen molar-refractivity contribution in [1.82, 2.24) is 10.3 Å². The van der Waals surface area contributed by atoms with Crippen molar-refractivity contribution in [1.29, 1.82) is 0 Å². The molecule has 2 rings (SSSR count). The lowest BCUT2D eigenvalue weighted by atomic mass is 10.1. The second-order valence-electron chi connectivity index (χ2n) is 7.00. The van der Waals surface area contributed by atoms with E-state index in [-0.39, 0.29) is 5.54 Å². The molecule has 1 fully saturated rings. The molecule has 1 aromatic rings. The highest BCUT2D eigenvalue weighted by Gasteiger charge is 2.29. The van der Waals surface area contributed by atoms with E-state index in [1.807, 2.05) is 6.20 Å². The first-order valence-corrected chi connectivity index (χ1v) is 7.89. The van der Waals surface area contributed by atoms with Crippen LogP contribution in [0.3, 0.4) is 0 Å². The van der Waals surface area contributed by atoms with Crippen LogP contribution < -0.4 is 10.2 Å². The highest BCUT2D eigenvalue weighted by Crippen LogP contribution is 2.31. The van der Waals surface area contributed by atoms with Gasteiger partial charge in [0.25, 0.3) is 0 Å². The molecule has 0 amide bonds. The predicted octanol–water partition coefficient (Wildman–Crippen LogP) is 3.74. The summed E-state index contributed by atoms with van der Waals surface area (Å²) < 4.78 is 0. The van der Waals surface area contributed by atoms with E-state index in [0.717, 1.165) is 12.2 Å². The van der Waals surface area contributed by atoms with Gasteiger partial charge in [-0.05, 0) is 59.1 Å². The molecular formula is C17H29N3. The fourth-order valence-corrected chi connectivity index (χ4v) is 3.02. The van der Waals surface area contributed by atoms with Crippen molar-refractivity contribution in [3.05, 3.63) is 24.0 Å². The van der Waals surface area contributed by atoms with Crippen LogP contribution >= 0.6 is 0 Å². The number of rotatable bonds is 4. The molecule has 0 aromatic carbocycles. The first kappa shape index (κ1) is 15.3. The zero-order chi connectivity index (χ0) is 14.8. The lowest BCUT2D eigenvalue weighted by Gasteiger charge is -2.30. The number of nitrogens with one attached hydrogen (secondary N) is 1. The minimum absolute atomic E-state index is 0.130. The lowest BCUT2D eigenvalue weighted by molar-refractivity contribution is 0.421. The first-order valence-electron chi connectivity index (χ1n) is 7.89. The van der Waals surface area contributed by atoms with Crippen LogP contribution in [0.4, 0.5) is 5.69 Å². The van der Waals surface area contributed by atoms with Crippen molar-refractivity contribution in [2.75, 3.05) is 4.90 Å². The third-order valence-corrected chi connectivity index (χ3v) is 4.16. The molecule has 2 heterocycles. The van der Waals surface area contributed by atoms with Gasteiger partial charge in [0.15, 0.2) is 0 Å². The van der Waals surface area contributed by atoms with Crippen LogP contribution in [0.1, 0.15) is 59.6 Å². The van der Waals surface area contributed by atoms with Crippen molar-refractivity contribution >= 4 is 5.69 Å². The van der Waals surface area contributed by atoms with Crippen LogP contribution in [-0.2, 0) is 6.54 Å². The predicted molar refractivity (Wildman–Crippen MR) is 86.1 cm³/mol. The average Bonchev–Trinajstić information content (AvgIpc) is 2.77. The van der Waals surface area contributed by atoms with Gasteiger partial charge in [-0.2, -0.15) is 0 Å². The molecule has 2 unspecified atom stereocenters. The summed E-state index contributed by atoms with van der Waals surface area (Å²) in [6.45, 7) is 12.0. The van der Waals surface area contributed by atoms with Crippen LogP contribution in [0.15, 0.2) is 18.3 Å². The molecule has 0 saturated carbocycles. The van der Waals surface area contributed by atoms with Gasteiger partial charge >= 0.3 is 0 Å². The number of aromatic nitrogens is 1. The third-order valence-electron chi connectivity index (χ3n) is 4.16. The monoisotopic (exact) mass is 275 g/mol. The molecule has 0 bridgehead atoms. The topological polar surface area (TPSA) is 28.2 Å². The summed E-state index contributed by atoms with van der Waals surface area (Å²) in [5, 5.41) is 3.51. The normalized spacial score (nSPS) is 23.4. The minimum atomic E-state index is 0.130. The highest BCUT2D eigenvalue weighted by atomic mass is 15.2. The van der Waals surface area contributed by atoms with Gasteiger partial charge in [0, 0.05) is 36.1 Å². The standard InChI is InChI=1S/C17H29N3/c1-6-15-8-7-13(2)20(15)16-9-10-18-14(11-16)12-19-17(3,4)5/h9-11,13,15,19H,6-8,12H2,1-5H3. The Morgan fingerprint density at radius 3 is 2.75 bits per heavy atom. The third kappa shape index (κ3) is 3.72. The number of pyridine rings is 1. The zero-order valence-electron chi connectivity index (χ0n) is 13.6.